The molecule has 0 spiro atoms. The first kappa shape index (κ1) is 10.1. The van der Waals surface area contributed by atoms with E-state index in [1.807, 2.05) is 0 Å². The molecule has 1 atom stereocenters. The van der Waals surface area contributed by atoms with Gasteiger partial charge in [0.1, 0.15) is 0 Å². The van der Waals surface area contributed by atoms with E-state index in [2.05, 4.69) is 26.0 Å². The van der Waals surface area contributed by atoms with Crippen LogP contribution in [-0.2, 0) is 0 Å². The van der Waals surface area contributed by atoms with E-state index >= 15 is 0 Å². The first-order valence-corrected chi connectivity index (χ1v) is 5.43. The monoisotopic (exact) mass is 186 g/mol. The Kier molecular flexibility index (Phi) is 3.64. The number of hydrogen-bond donors (Lipinski definition) is 0. The van der Waals surface area contributed by atoms with Crippen molar-refractivity contribution in [3.05, 3.63) is 12.2 Å². The summed E-state index contributed by atoms with van der Waals surface area (Å²) in [6.07, 6.45) is 9.56. The maximum Gasteiger partial charge on any atom is 0.0283 e. The van der Waals surface area contributed by atoms with Gasteiger partial charge in [0.15, 0.2) is 0 Å². The highest BCUT2D eigenvalue weighted by atomic mass is 35.5. The summed E-state index contributed by atoms with van der Waals surface area (Å²) in [5.74, 6) is 1.60. The molecule has 12 heavy (non-hydrogen) atoms. The average molecular weight is 187 g/mol. The van der Waals surface area contributed by atoms with Crippen LogP contribution in [0.2, 0.25) is 0 Å². The predicted molar refractivity (Wildman–Crippen MR) is 55.6 cm³/mol. The largest absolute Gasteiger partial charge is 0.126 e. The third-order valence-electron chi connectivity index (χ3n) is 2.68. The molecule has 0 N–H and O–H groups in total. The molecular formula is C11H19Cl. The fourth-order valence-electron chi connectivity index (χ4n) is 2.17. The highest BCUT2D eigenvalue weighted by molar-refractivity contribution is 6.18. The zero-order chi connectivity index (χ0) is 9.03. The molecule has 0 fully saturated rings. The van der Waals surface area contributed by atoms with Gasteiger partial charge in [-0.15, -0.1) is 11.6 Å². The lowest BCUT2D eigenvalue weighted by Crippen LogP contribution is -2.26. The summed E-state index contributed by atoms with van der Waals surface area (Å²) < 4.78 is 0. The number of hydrogen-bond acceptors (Lipinski definition) is 0. The van der Waals surface area contributed by atoms with Crippen molar-refractivity contribution in [1.29, 1.82) is 0 Å². The van der Waals surface area contributed by atoms with E-state index in [0.717, 1.165) is 11.8 Å². The fourth-order valence-corrected chi connectivity index (χ4v) is 2.52. The third kappa shape index (κ3) is 2.52. The van der Waals surface area contributed by atoms with Crippen LogP contribution in [0, 0.1) is 11.3 Å². The van der Waals surface area contributed by atoms with E-state index in [0.29, 0.717) is 5.41 Å². The van der Waals surface area contributed by atoms with Crippen LogP contribution in [0.3, 0.4) is 0 Å². The van der Waals surface area contributed by atoms with Crippen molar-refractivity contribution in [2.75, 3.05) is 5.88 Å². The molecule has 0 aromatic carbocycles. The van der Waals surface area contributed by atoms with Crippen molar-refractivity contribution >= 4 is 11.6 Å². The van der Waals surface area contributed by atoms with E-state index in [-0.39, 0.29) is 0 Å². The van der Waals surface area contributed by atoms with Gasteiger partial charge >= 0.3 is 0 Å². The van der Waals surface area contributed by atoms with Crippen LogP contribution in [-0.4, -0.2) is 5.88 Å². The molecule has 0 radical (unpaired) electrons. The predicted octanol–water partition coefficient (Wildman–Crippen LogP) is 4.00. The Bertz CT molecular complexity index is 160. The second kappa shape index (κ2) is 4.32. The average Bonchev–Trinajstić information content (AvgIpc) is 2.05. The Balaban J connectivity index is 2.55. The lowest BCUT2D eigenvalue weighted by Gasteiger charge is -2.34. The zero-order valence-electron chi connectivity index (χ0n) is 8.15. The van der Waals surface area contributed by atoms with E-state index in [1.165, 1.54) is 25.7 Å². The molecular weight excluding hydrogens is 168 g/mol. The first-order valence-electron chi connectivity index (χ1n) is 4.89. The topological polar surface area (TPSA) is 0 Å². The summed E-state index contributed by atoms with van der Waals surface area (Å²) in [4.78, 5) is 0. The molecule has 0 saturated heterocycles. The molecule has 0 heterocycles. The molecule has 1 rings (SSSR count). The van der Waals surface area contributed by atoms with Gasteiger partial charge in [0.05, 0.1) is 0 Å². The standard InChI is InChI=1S/C11H19Cl/c1-10(2)8-11(9-12)6-4-3-5-7-11/h3-4,10H,5-9H2,1-2H3. The normalized spacial score (nSPS) is 29.7. The second-order valence-corrected chi connectivity index (χ2v) is 4.71. The van der Waals surface area contributed by atoms with Gasteiger partial charge in [-0.25, -0.2) is 0 Å². The van der Waals surface area contributed by atoms with E-state index < -0.39 is 0 Å². The van der Waals surface area contributed by atoms with Gasteiger partial charge in [-0.2, -0.15) is 0 Å². The van der Waals surface area contributed by atoms with E-state index in [1.54, 1.807) is 0 Å². The smallest absolute Gasteiger partial charge is 0.0283 e. The van der Waals surface area contributed by atoms with Crippen molar-refractivity contribution < 1.29 is 0 Å². The molecule has 0 aromatic heterocycles. The second-order valence-electron chi connectivity index (χ2n) is 4.45. The Morgan fingerprint density at radius 1 is 1.42 bits per heavy atom. The summed E-state index contributed by atoms with van der Waals surface area (Å²) in [6, 6.07) is 0. The van der Waals surface area contributed by atoms with Crippen LogP contribution >= 0.6 is 11.6 Å². The highest BCUT2D eigenvalue weighted by Crippen LogP contribution is 2.39. The Morgan fingerprint density at radius 2 is 2.17 bits per heavy atom. The quantitative estimate of drug-likeness (QED) is 0.462. The minimum atomic E-state index is 0.421. The Hall–Kier alpha value is 0.0300. The summed E-state index contributed by atoms with van der Waals surface area (Å²) in [6.45, 7) is 4.57. The van der Waals surface area contributed by atoms with Gasteiger partial charge in [-0.05, 0) is 37.0 Å². The summed E-state index contributed by atoms with van der Waals surface area (Å²) in [5, 5.41) is 0. The summed E-state index contributed by atoms with van der Waals surface area (Å²) >= 11 is 6.05. The lowest BCUT2D eigenvalue weighted by molar-refractivity contribution is 0.237. The van der Waals surface area contributed by atoms with Gasteiger partial charge in [-0.1, -0.05) is 26.0 Å². The highest BCUT2D eigenvalue weighted by Gasteiger charge is 2.29. The minimum Gasteiger partial charge on any atom is -0.126 e. The molecule has 0 aliphatic heterocycles. The fraction of sp³-hybridized carbons (Fsp3) is 0.818. The van der Waals surface area contributed by atoms with Gasteiger partial charge in [-0.3, -0.25) is 0 Å². The molecule has 1 aliphatic rings. The Morgan fingerprint density at radius 3 is 2.58 bits per heavy atom. The van der Waals surface area contributed by atoms with Crippen LogP contribution < -0.4 is 0 Å². The molecule has 0 aromatic rings. The van der Waals surface area contributed by atoms with E-state index in [9.17, 15) is 0 Å². The molecule has 0 saturated carbocycles. The molecule has 70 valence electrons. The molecule has 0 bridgehead atoms. The van der Waals surface area contributed by atoms with E-state index in [4.69, 9.17) is 11.6 Å². The van der Waals surface area contributed by atoms with Crippen LogP contribution in [0.4, 0.5) is 0 Å². The van der Waals surface area contributed by atoms with Crippen molar-refractivity contribution in [2.45, 2.75) is 39.5 Å². The summed E-state index contributed by atoms with van der Waals surface area (Å²) in [5.41, 5.74) is 0.421. The number of alkyl halides is 1. The van der Waals surface area contributed by atoms with Gasteiger partial charge in [0, 0.05) is 5.88 Å². The van der Waals surface area contributed by atoms with Crippen LogP contribution in [0.5, 0.6) is 0 Å². The van der Waals surface area contributed by atoms with Crippen molar-refractivity contribution in [3.8, 4) is 0 Å². The van der Waals surface area contributed by atoms with Crippen molar-refractivity contribution in [1.82, 2.24) is 0 Å². The van der Waals surface area contributed by atoms with Crippen molar-refractivity contribution in [3.63, 3.8) is 0 Å². The number of halogens is 1. The molecule has 0 amide bonds. The zero-order valence-corrected chi connectivity index (χ0v) is 8.90. The molecule has 1 unspecified atom stereocenters. The van der Waals surface area contributed by atoms with Crippen LogP contribution in [0.15, 0.2) is 12.2 Å². The Labute approximate surface area is 81.0 Å². The molecule has 0 nitrogen and oxygen atoms in total. The van der Waals surface area contributed by atoms with Crippen molar-refractivity contribution in [2.24, 2.45) is 11.3 Å². The molecule has 1 aliphatic carbocycles. The first-order chi connectivity index (χ1) is 5.68. The summed E-state index contributed by atoms with van der Waals surface area (Å²) in [7, 11) is 0. The minimum absolute atomic E-state index is 0.421. The maximum atomic E-state index is 6.05. The molecule has 1 heteroatoms. The van der Waals surface area contributed by atoms with Crippen LogP contribution in [0.1, 0.15) is 39.5 Å². The number of allylic oxidation sites excluding steroid dienone is 2. The maximum absolute atomic E-state index is 6.05. The van der Waals surface area contributed by atoms with Gasteiger partial charge < -0.3 is 0 Å². The SMILES string of the molecule is CC(C)CC1(CCl)CC=CCC1. The number of rotatable bonds is 3. The third-order valence-corrected chi connectivity index (χ3v) is 3.25. The van der Waals surface area contributed by atoms with Gasteiger partial charge in [0.25, 0.3) is 0 Å². The van der Waals surface area contributed by atoms with Crippen LogP contribution in [0.25, 0.3) is 0 Å². The lowest BCUT2D eigenvalue weighted by atomic mass is 9.73. The van der Waals surface area contributed by atoms with Gasteiger partial charge in [0.2, 0.25) is 0 Å².